The summed E-state index contributed by atoms with van der Waals surface area (Å²) in [6.45, 7) is 9.68. The second-order valence-electron chi connectivity index (χ2n) is 6.18. The number of carbonyl (C=O) groups is 3. The molecular formula is C19H29NO5. The number of allylic oxidation sites excluding steroid dienone is 3. The molecular weight excluding hydrogens is 322 g/mol. The first-order chi connectivity index (χ1) is 11.6. The summed E-state index contributed by atoms with van der Waals surface area (Å²) in [5.41, 5.74) is 1.12. The van der Waals surface area contributed by atoms with Gasteiger partial charge in [0.15, 0.2) is 5.57 Å². The maximum atomic E-state index is 12.1. The number of carboxylic acid groups (broad SMARTS) is 2. The number of nitrogens with one attached hydrogen (secondary N) is 1. The third-order valence-corrected chi connectivity index (χ3v) is 3.85. The SMILES string of the molecule is CC=C(C)CC(C)C=C(CCC)CNC(=O)C(C)=C(C(=O)O)C(=O)O. The molecule has 0 aliphatic heterocycles. The molecule has 0 bridgehead atoms. The highest BCUT2D eigenvalue weighted by Crippen LogP contribution is 2.16. The van der Waals surface area contributed by atoms with E-state index in [4.69, 9.17) is 10.2 Å². The van der Waals surface area contributed by atoms with Crippen LogP contribution in [0.25, 0.3) is 0 Å². The fraction of sp³-hybridized carbons (Fsp3) is 0.526. The lowest BCUT2D eigenvalue weighted by atomic mass is 9.97. The van der Waals surface area contributed by atoms with Gasteiger partial charge >= 0.3 is 11.9 Å². The fourth-order valence-corrected chi connectivity index (χ4v) is 2.49. The molecule has 1 atom stereocenters. The molecule has 0 fully saturated rings. The van der Waals surface area contributed by atoms with Crippen LogP contribution in [0.3, 0.4) is 0 Å². The highest BCUT2D eigenvalue weighted by Gasteiger charge is 2.23. The smallest absolute Gasteiger partial charge is 0.343 e. The van der Waals surface area contributed by atoms with Crippen molar-refractivity contribution in [2.45, 2.75) is 53.9 Å². The molecule has 25 heavy (non-hydrogen) atoms. The lowest BCUT2D eigenvalue weighted by Crippen LogP contribution is -2.29. The van der Waals surface area contributed by atoms with E-state index in [9.17, 15) is 14.4 Å². The summed E-state index contributed by atoms with van der Waals surface area (Å²) in [5.74, 6) is -3.61. The third-order valence-electron chi connectivity index (χ3n) is 3.85. The van der Waals surface area contributed by atoms with Crippen molar-refractivity contribution < 1.29 is 24.6 Å². The largest absolute Gasteiger partial charge is 0.477 e. The topological polar surface area (TPSA) is 104 Å². The van der Waals surface area contributed by atoms with Crippen LogP contribution in [0.5, 0.6) is 0 Å². The highest BCUT2D eigenvalue weighted by atomic mass is 16.4. The van der Waals surface area contributed by atoms with E-state index in [1.165, 1.54) is 12.5 Å². The van der Waals surface area contributed by atoms with Crippen LogP contribution in [0.4, 0.5) is 0 Å². The lowest BCUT2D eigenvalue weighted by molar-refractivity contribution is -0.140. The van der Waals surface area contributed by atoms with Crippen LogP contribution >= 0.6 is 0 Å². The predicted octanol–water partition coefficient (Wildman–Crippen LogP) is 3.31. The van der Waals surface area contributed by atoms with Crippen LogP contribution in [-0.2, 0) is 14.4 Å². The molecule has 0 radical (unpaired) electrons. The average molecular weight is 351 g/mol. The van der Waals surface area contributed by atoms with Crippen molar-refractivity contribution in [1.29, 1.82) is 0 Å². The van der Waals surface area contributed by atoms with Gasteiger partial charge in [0.25, 0.3) is 0 Å². The van der Waals surface area contributed by atoms with Crippen molar-refractivity contribution in [1.82, 2.24) is 5.32 Å². The van der Waals surface area contributed by atoms with Crippen LogP contribution in [0.1, 0.15) is 53.9 Å². The van der Waals surface area contributed by atoms with Gasteiger partial charge in [-0.3, -0.25) is 4.79 Å². The zero-order valence-corrected chi connectivity index (χ0v) is 15.7. The first-order valence-corrected chi connectivity index (χ1v) is 8.40. The second-order valence-corrected chi connectivity index (χ2v) is 6.18. The Balaban J connectivity index is 5.13. The molecule has 0 aromatic rings. The minimum absolute atomic E-state index is 0.274. The van der Waals surface area contributed by atoms with Crippen molar-refractivity contribution >= 4 is 17.8 Å². The molecule has 0 heterocycles. The summed E-state index contributed by atoms with van der Waals surface area (Å²) < 4.78 is 0. The van der Waals surface area contributed by atoms with Crippen molar-refractivity contribution in [2.24, 2.45) is 5.92 Å². The minimum Gasteiger partial charge on any atom is -0.477 e. The van der Waals surface area contributed by atoms with Gasteiger partial charge in [-0.05, 0) is 39.5 Å². The molecule has 0 saturated heterocycles. The number of carbonyl (C=O) groups excluding carboxylic acids is 1. The molecule has 0 aromatic carbocycles. The van der Waals surface area contributed by atoms with E-state index in [1.54, 1.807) is 0 Å². The summed E-state index contributed by atoms with van der Waals surface area (Å²) in [6.07, 6.45) is 6.84. The first-order valence-electron chi connectivity index (χ1n) is 8.40. The van der Waals surface area contributed by atoms with Gasteiger partial charge in [0, 0.05) is 12.1 Å². The molecule has 6 nitrogen and oxygen atoms in total. The van der Waals surface area contributed by atoms with Gasteiger partial charge in [-0.1, -0.05) is 43.6 Å². The molecule has 6 heteroatoms. The Morgan fingerprint density at radius 3 is 2.12 bits per heavy atom. The molecule has 3 N–H and O–H groups in total. The summed E-state index contributed by atoms with van der Waals surface area (Å²) in [6, 6.07) is 0. The monoisotopic (exact) mass is 351 g/mol. The normalized spacial score (nSPS) is 13.2. The van der Waals surface area contributed by atoms with Crippen LogP contribution in [-0.4, -0.2) is 34.6 Å². The Morgan fingerprint density at radius 2 is 1.68 bits per heavy atom. The number of rotatable bonds is 10. The summed E-state index contributed by atoms with van der Waals surface area (Å²) in [5, 5.41) is 20.5. The van der Waals surface area contributed by atoms with E-state index in [-0.39, 0.29) is 12.1 Å². The van der Waals surface area contributed by atoms with Gasteiger partial charge in [0.1, 0.15) is 0 Å². The van der Waals surface area contributed by atoms with E-state index >= 15 is 0 Å². The lowest BCUT2D eigenvalue weighted by Gasteiger charge is -2.13. The van der Waals surface area contributed by atoms with E-state index in [1.807, 2.05) is 13.8 Å². The Labute approximate surface area is 149 Å². The standard InChI is InChI=1S/C19H29NO5/c1-6-8-15(10-13(4)9-12(3)7-2)11-20-17(21)14(5)16(18(22)23)19(24)25/h7,10,13H,6,8-9,11H2,1-5H3,(H,20,21)(H,22,23)(H,24,25). The Hall–Kier alpha value is -2.37. The third kappa shape index (κ3) is 8.33. The van der Waals surface area contributed by atoms with Gasteiger partial charge < -0.3 is 15.5 Å². The van der Waals surface area contributed by atoms with Crippen molar-refractivity contribution in [3.8, 4) is 0 Å². The predicted molar refractivity (Wildman–Crippen MR) is 97.2 cm³/mol. The van der Waals surface area contributed by atoms with E-state index < -0.39 is 23.4 Å². The van der Waals surface area contributed by atoms with Crippen molar-refractivity contribution in [3.63, 3.8) is 0 Å². The van der Waals surface area contributed by atoms with E-state index in [0.717, 1.165) is 24.8 Å². The quantitative estimate of drug-likeness (QED) is 0.242. The molecule has 0 rings (SSSR count). The minimum atomic E-state index is -1.63. The maximum Gasteiger partial charge on any atom is 0.343 e. The zero-order valence-electron chi connectivity index (χ0n) is 15.7. The Morgan fingerprint density at radius 1 is 1.12 bits per heavy atom. The van der Waals surface area contributed by atoms with Gasteiger partial charge in [-0.15, -0.1) is 0 Å². The van der Waals surface area contributed by atoms with Gasteiger partial charge in [-0.2, -0.15) is 0 Å². The first kappa shape index (κ1) is 22.6. The Bertz CT molecular complexity index is 583. The van der Waals surface area contributed by atoms with Crippen LogP contribution in [0.2, 0.25) is 0 Å². The number of carboxylic acids is 2. The van der Waals surface area contributed by atoms with Crippen molar-refractivity contribution in [2.75, 3.05) is 6.54 Å². The van der Waals surface area contributed by atoms with Crippen LogP contribution < -0.4 is 5.32 Å². The van der Waals surface area contributed by atoms with Crippen LogP contribution in [0, 0.1) is 5.92 Å². The van der Waals surface area contributed by atoms with Gasteiger partial charge in [-0.25, -0.2) is 9.59 Å². The van der Waals surface area contributed by atoms with Gasteiger partial charge in [0.2, 0.25) is 5.91 Å². The molecule has 140 valence electrons. The average Bonchev–Trinajstić information content (AvgIpc) is 2.51. The summed E-state index contributed by atoms with van der Waals surface area (Å²) in [7, 11) is 0. The molecule has 0 aliphatic carbocycles. The molecule has 1 amide bonds. The summed E-state index contributed by atoms with van der Waals surface area (Å²) in [4.78, 5) is 34.0. The van der Waals surface area contributed by atoms with E-state index in [0.29, 0.717) is 5.92 Å². The molecule has 0 aromatic heterocycles. The number of aliphatic carboxylic acids is 2. The second kappa shape index (κ2) is 11.2. The molecule has 0 saturated carbocycles. The van der Waals surface area contributed by atoms with Crippen LogP contribution in [0.15, 0.2) is 34.4 Å². The van der Waals surface area contributed by atoms with E-state index in [2.05, 4.69) is 31.3 Å². The van der Waals surface area contributed by atoms with Gasteiger partial charge in [0.05, 0.1) is 0 Å². The highest BCUT2D eigenvalue weighted by molar-refractivity contribution is 6.18. The number of hydrogen-bond donors (Lipinski definition) is 3. The molecule has 0 aliphatic rings. The fourth-order valence-electron chi connectivity index (χ4n) is 2.49. The van der Waals surface area contributed by atoms with Crippen molar-refractivity contribution in [3.05, 3.63) is 34.4 Å². The number of hydrogen-bond acceptors (Lipinski definition) is 3. The summed E-state index contributed by atoms with van der Waals surface area (Å²) >= 11 is 0. The molecule has 1 unspecified atom stereocenters. The maximum absolute atomic E-state index is 12.1. The number of amides is 1. The Kier molecular flexibility index (Phi) is 10.2. The zero-order chi connectivity index (χ0) is 19.6. The molecule has 0 spiro atoms.